The van der Waals surface area contributed by atoms with Crippen molar-refractivity contribution in [1.29, 1.82) is 0 Å². The van der Waals surface area contributed by atoms with Crippen LogP contribution in [0.3, 0.4) is 0 Å². The van der Waals surface area contributed by atoms with Crippen LogP contribution >= 0.6 is 0 Å². The van der Waals surface area contributed by atoms with Gasteiger partial charge in [-0.3, -0.25) is 24.1 Å². The maximum Gasteiger partial charge on any atom is 0.252 e. The lowest BCUT2D eigenvalue weighted by molar-refractivity contribution is -0.132. The van der Waals surface area contributed by atoms with E-state index in [9.17, 15) is 29.4 Å². The number of nitrogens with zero attached hydrogens (tertiary/aromatic N) is 2. The third-order valence-electron chi connectivity index (χ3n) is 5.36. The van der Waals surface area contributed by atoms with Gasteiger partial charge < -0.3 is 26.6 Å². The standard InChI is InChI=1S/C22H24N4O6/c23-21(31)15-9-13(1-3-17(15)27)10-20(30)26-7-5-25(6-8-26)12-19(29)14-2-4-18(28)16(11-14)22(24)32/h1-4,9,11,27-28H,5-8,10,12H2,(H2,23,31)(H2,24,32). The van der Waals surface area contributed by atoms with Crippen molar-refractivity contribution in [2.75, 3.05) is 32.7 Å². The molecule has 168 valence electrons. The van der Waals surface area contributed by atoms with Crippen molar-refractivity contribution in [3.05, 3.63) is 58.7 Å². The van der Waals surface area contributed by atoms with Gasteiger partial charge in [0, 0.05) is 31.7 Å². The van der Waals surface area contributed by atoms with Crippen LogP contribution < -0.4 is 11.5 Å². The fourth-order valence-corrected chi connectivity index (χ4v) is 3.53. The average molecular weight is 440 g/mol. The van der Waals surface area contributed by atoms with E-state index in [2.05, 4.69) is 0 Å². The Morgan fingerprint density at radius 3 is 1.97 bits per heavy atom. The number of Topliss-reactive ketones (excluding diaryl/α,β-unsaturated/α-hetero) is 1. The van der Waals surface area contributed by atoms with Crippen LogP contribution in [0.1, 0.15) is 36.6 Å². The monoisotopic (exact) mass is 440 g/mol. The summed E-state index contributed by atoms with van der Waals surface area (Å²) in [7, 11) is 0. The Labute approximate surface area is 184 Å². The van der Waals surface area contributed by atoms with E-state index in [1.165, 1.54) is 30.3 Å². The molecule has 1 aliphatic heterocycles. The van der Waals surface area contributed by atoms with Gasteiger partial charge in [-0.05, 0) is 35.9 Å². The maximum absolute atomic E-state index is 12.6. The first kappa shape index (κ1) is 22.8. The number of nitrogens with two attached hydrogens (primary N) is 2. The molecule has 0 saturated carbocycles. The Morgan fingerprint density at radius 2 is 1.38 bits per heavy atom. The fraction of sp³-hybridized carbons (Fsp3) is 0.273. The molecule has 0 aromatic heterocycles. The van der Waals surface area contributed by atoms with Crippen molar-refractivity contribution in [2.45, 2.75) is 6.42 Å². The third kappa shape index (κ3) is 5.22. The van der Waals surface area contributed by atoms with E-state index in [1.54, 1.807) is 11.0 Å². The molecule has 3 amide bonds. The number of hydrogen-bond donors (Lipinski definition) is 4. The average Bonchev–Trinajstić information content (AvgIpc) is 2.75. The molecule has 0 atom stereocenters. The summed E-state index contributed by atoms with van der Waals surface area (Å²) in [5.74, 6) is -2.47. The predicted molar refractivity (Wildman–Crippen MR) is 114 cm³/mol. The number of primary amides is 2. The molecule has 0 unspecified atom stereocenters. The van der Waals surface area contributed by atoms with Crippen LogP contribution in [0.15, 0.2) is 36.4 Å². The van der Waals surface area contributed by atoms with Gasteiger partial charge in [-0.2, -0.15) is 0 Å². The minimum atomic E-state index is -0.819. The number of hydrogen-bond acceptors (Lipinski definition) is 7. The highest BCUT2D eigenvalue weighted by molar-refractivity contribution is 6.02. The molecule has 1 heterocycles. The van der Waals surface area contributed by atoms with E-state index in [-0.39, 0.29) is 52.8 Å². The van der Waals surface area contributed by atoms with Crippen molar-refractivity contribution in [2.24, 2.45) is 11.5 Å². The number of piperazine rings is 1. The van der Waals surface area contributed by atoms with Gasteiger partial charge in [-0.15, -0.1) is 0 Å². The van der Waals surface area contributed by atoms with Crippen LogP contribution in [0.5, 0.6) is 11.5 Å². The minimum Gasteiger partial charge on any atom is -0.507 e. The van der Waals surface area contributed by atoms with Crippen molar-refractivity contribution in [3.8, 4) is 11.5 Å². The highest BCUT2D eigenvalue weighted by Crippen LogP contribution is 2.20. The largest absolute Gasteiger partial charge is 0.507 e. The third-order valence-corrected chi connectivity index (χ3v) is 5.36. The van der Waals surface area contributed by atoms with E-state index in [1.807, 2.05) is 4.90 Å². The van der Waals surface area contributed by atoms with Crippen LogP contribution in [0.25, 0.3) is 0 Å². The van der Waals surface area contributed by atoms with Crippen molar-refractivity contribution < 1.29 is 29.4 Å². The van der Waals surface area contributed by atoms with Crippen LogP contribution in [0, 0.1) is 0 Å². The predicted octanol–water partition coefficient (Wildman–Crippen LogP) is -0.135. The summed E-state index contributed by atoms with van der Waals surface area (Å²) in [5.41, 5.74) is 11.1. The quantitative estimate of drug-likeness (QED) is 0.435. The van der Waals surface area contributed by atoms with Gasteiger partial charge in [0.2, 0.25) is 5.91 Å². The second kappa shape index (κ2) is 9.48. The van der Waals surface area contributed by atoms with Gasteiger partial charge in [-0.25, -0.2) is 0 Å². The Hall–Kier alpha value is -3.92. The lowest BCUT2D eigenvalue weighted by Gasteiger charge is -2.34. The van der Waals surface area contributed by atoms with E-state index < -0.39 is 11.8 Å². The number of benzene rings is 2. The summed E-state index contributed by atoms with van der Waals surface area (Å²) in [6.45, 7) is 1.93. The van der Waals surface area contributed by atoms with Crippen LogP contribution in [0.4, 0.5) is 0 Å². The Morgan fingerprint density at radius 1 is 0.812 bits per heavy atom. The zero-order chi connectivity index (χ0) is 23.4. The second-order valence-electron chi connectivity index (χ2n) is 7.57. The summed E-state index contributed by atoms with van der Waals surface area (Å²) in [5, 5.41) is 19.3. The van der Waals surface area contributed by atoms with Crippen molar-refractivity contribution >= 4 is 23.5 Å². The summed E-state index contributed by atoms with van der Waals surface area (Å²) in [4.78, 5) is 51.4. The number of amides is 3. The molecule has 2 aromatic carbocycles. The molecular formula is C22H24N4O6. The second-order valence-corrected chi connectivity index (χ2v) is 7.57. The number of carbonyl (C=O) groups is 4. The lowest BCUT2D eigenvalue weighted by Crippen LogP contribution is -2.50. The van der Waals surface area contributed by atoms with Crippen molar-refractivity contribution in [3.63, 3.8) is 0 Å². The summed E-state index contributed by atoms with van der Waals surface area (Å²) in [6.07, 6.45) is 0.0584. The Balaban J connectivity index is 1.55. The molecule has 0 spiro atoms. The fourth-order valence-electron chi connectivity index (χ4n) is 3.53. The maximum atomic E-state index is 12.6. The van der Waals surface area contributed by atoms with E-state index in [0.29, 0.717) is 31.7 Å². The molecule has 1 saturated heterocycles. The first-order chi connectivity index (χ1) is 15.2. The van der Waals surface area contributed by atoms with Crippen LogP contribution in [-0.2, 0) is 11.2 Å². The summed E-state index contributed by atoms with van der Waals surface area (Å²) in [6, 6.07) is 8.27. The van der Waals surface area contributed by atoms with Gasteiger partial charge in [0.1, 0.15) is 11.5 Å². The first-order valence-electron chi connectivity index (χ1n) is 9.93. The van der Waals surface area contributed by atoms with Crippen molar-refractivity contribution in [1.82, 2.24) is 9.80 Å². The Bertz CT molecular complexity index is 1080. The summed E-state index contributed by atoms with van der Waals surface area (Å²) < 4.78 is 0. The lowest BCUT2D eigenvalue weighted by atomic mass is 10.0. The molecule has 1 aliphatic rings. The molecule has 0 bridgehead atoms. The highest BCUT2D eigenvalue weighted by atomic mass is 16.3. The first-order valence-corrected chi connectivity index (χ1v) is 9.93. The minimum absolute atomic E-state index is 0.0349. The highest BCUT2D eigenvalue weighted by Gasteiger charge is 2.24. The molecule has 32 heavy (non-hydrogen) atoms. The van der Waals surface area contributed by atoms with Crippen LogP contribution in [-0.4, -0.2) is 76.2 Å². The molecular weight excluding hydrogens is 416 g/mol. The molecule has 10 heteroatoms. The van der Waals surface area contributed by atoms with Crippen LogP contribution in [0.2, 0.25) is 0 Å². The number of ketones is 1. The van der Waals surface area contributed by atoms with Gasteiger partial charge in [0.05, 0.1) is 24.1 Å². The topological polar surface area (TPSA) is 167 Å². The van der Waals surface area contributed by atoms with Gasteiger partial charge >= 0.3 is 0 Å². The number of carbonyl (C=O) groups excluding carboxylic acids is 4. The number of rotatable bonds is 7. The number of phenols is 2. The summed E-state index contributed by atoms with van der Waals surface area (Å²) >= 11 is 0. The van der Waals surface area contributed by atoms with E-state index >= 15 is 0 Å². The molecule has 2 aromatic rings. The Kier molecular flexibility index (Phi) is 6.74. The van der Waals surface area contributed by atoms with Gasteiger partial charge in [0.15, 0.2) is 5.78 Å². The molecule has 0 radical (unpaired) electrons. The zero-order valence-corrected chi connectivity index (χ0v) is 17.3. The molecule has 1 fully saturated rings. The SMILES string of the molecule is NC(=O)c1cc(CC(=O)N2CCN(CC(=O)c3ccc(O)c(C(N)=O)c3)CC2)ccc1O. The molecule has 6 N–H and O–H groups in total. The van der Waals surface area contributed by atoms with E-state index in [0.717, 1.165) is 0 Å². The molecule has 0 aliphatic carbocycles. The van der Waals surface area contributed by atoms with Gasteiger partial charge in [0.25, 0.3) is 11.8 Å². The number of aromatic hydroxyl groups is 2. The van der Waals surface area contributed by atoms with E-state index in [4.69, 9.17) is 11.5 Å². The normalized spacial score (nSPS) is 14.2. The zero-order valence-electron chi connectivity index (χ0n) is 17.3. The molecule has 10 nitrogen and oxygen atoms in total. The molecule has 3 rings (SSSR count). The smallest absolute Gasteiger partial charge is 0.252 e. The van der Waals surface area contributed by atoms with Gasteiger partial charge in [-0.1, -0.05) is 6.07 Å².